The molecule has 0 unspecified atom stereocenters. The third kappa shape index (κ3) is 2.70. The Balaban J connectivity index is 2.72. The minimum absolute atomic E-state index is 0.0647. The highest BCUT2D eigenvalue weighted by molar-refractivity contribution is 5.77. The van der Waals surface area contributed by atoms with E-state index in [1.165, 1.54) is 0 Å². The number of carboxylic acids is 1. The van der Waals surface area contributed by atoms with Crippen LogP contribution in [0.5, 0.6) is 0 Å². The highest BCUT2D eigenvalue weighted by Crippen LogP contribution is 2.35. The van der Waals surface area contributed by atoms with Crippen LogP contribution in [0.15, 0.2) is 0 Å². The van der Waals surface area contributed by atoms with Crippen LogP contribution in [0, 0.1) is 5.92 Å². The van der Waals surface area contributed by atoms with Gasteiger partial charge in [0.2, 0.25) is 0 Å². The smallest absolute Gasteiger partial charge is 0.335 e. The van der Waals surface area contributed by atoms with Gasteiger partial charge in [0.05, 0.1) is 12.2 Å². The van der Waals surface area contributed by atoms with Crippen LogP contribution in [-0.2, 0) is 4.79 Å². The summed E-state index contributed by atoms with van der Waals surface area (Å²) in [7, 11) is 0. The number of aliphatic hydroxyl groups excluding tert-OH is 3. The van der Waals surface area contributed by atoms with Crippen LogP contribution in [0.2, 0.25) is 0 Å². The van der Waals surface area contributed by atoms with Crippen molar-refractivity contribution in [1.82, 2.24) is 0 Å². The summed E-state index contributed by atoms with van der Waals surface area (Å²) in [6, 6.07) is 0. The molecule has 1 rings (SSSR count). The van der Waals surface area contributed by atoms with Crippen molar-refractivity contribution in [3.63, 3.8) is 0 Å². The third-order valence-electron chi connectivity index (χ3n) is 3.16. The average molecular weight is 234 g/mol. The lowest BCUT2D eigenvalue weighted by molar-refractivity contribution is -0.179. The summed E-state index contributed by atoms with van der Waals surface area (Å²) >= 11 is 0. The van der Waals surface area contributed by atoms with Crippen molar-refractivity contribution in [3.8, 4) is 0 Å². The first-order valence-electron chi connectivity index (χ1n) is 5.33. The standard InChI is InChI=1S/C10H18O6/c11-3-1-2-6-4-10(16,9(14)15)5-7(12)8(6)13/h6-8,11-13,16H,1-5H2,(H,14,15)/t6-,7+,8+,10-/m0/s1. The molecule has 1 fully saturated rings. The molecule has 0 aromatic rings. The van der Waals surface area contributed by atoms with Crippen LogP contribution in [0.4, 0.5) is 0 Å². The lowest BCUT2D eigenvalue weighted by atomic mass is 9.73. The first-order valence-corrected chi connectivity index (χ1v) is 5.33. The molecule has 94 valence electrons. The van der Waals surface area contributed by atoms with Crippen LogP contribution >= 0.6 is 0 Å². The van der Waals surface area contributed by atoms with E-state index in [0.717, 1.165) is 0 Å². The Morgan fingerprint density at radius 3 is 2.44 bits per heavy atom. The van der Waals surface area contributed by atoms with Crippen molar-refractivity contribution < 1.29 is 30.3 Å². The summed E-state index contributed by atoms with van der Waals surface area (Å²) in [5, 5.41) is 46.4. The zero-order chi connectivity index (χ0) is 12.3. The van der Waals surface area contributed by atoms with Gasteiger partial charge in [-0.2, -0.15) is 0 Å². The van der Waals surface area contributed by atoms with Crippen LogP contribution in [0.3, 0.4) is 0 Å². The van der Waals surface area contributed by atoms with Crippen molar-refractivity contribution in [2.24, 2.45) is 5.92 Å². The second-order valence-electron chi connectivity index (χ2n) is 4.43. The molecule has 0 bridgehead atoms. The lowest BCUT2D eigenvalue weighted by Crippen LogP contribution is -2.53. The summed E-state index contributed by atoms with van der Waals surface area (Å²) in [4.78, 5) is 10.9. The zero-order valence-electron chi connectivity index (χ0n) is 8.91. The van der Waals surface area contributed by atoms with Crippen molar-refractivity contribution in [1.29, 1.82) is 0 Å². The van der Waals surface area contributed by atoms with Gasteiger partial charge in [-0.05, 0) is 25.2 Å². The van der Waals surface area contributed by atoms with Crippen molar-refractivity contribution in [3.05, 3.63) is 0 Å². The van der Waals surface area contributed by atoms with Gasteiger partial charge in [-0.3, -0.25) is 0 Å². The summed E-state index contributed by atoms with van der Waals surface area (Å²) in [5.41, 5.74) is -1.97. The van der Waals surface area contributed by atoms with E-state index in [1.54, 1.807) is 0 Å². The molecule has 4 atom stereocenters. The molecule has 0 amide bonds. The molecule has 6 heteroatoms. The van der Waals surface area contributed by atoms with Crippen LogP contribution < -0.4 is 0 Å². The Morgan fingerprint density at radius 2 is 1.94 bits per heavy atom. The van der Waals surface area contributed by atoms with Gasteiger partial charge in [0.1, 0.15) is 0 Å². The molecular formula is C10H18O6. The van der Waals surface area contributed by atoms with Crippen molar-refractivity contribution in [2.45, 2.75) is 43.5 Å². The van der Waals surface area contributed by atoms with E-state index in [2.05, 4.69) is 0 Å². The van der Waals surface area contributed by atoms with E-state index in [1.807, 2.05) is 0 Å². The SMILES string of the molecule is O=C(O)[C@]1(O)C[C@H](CCCO)[C@@H](O)[C@H](O)C1. The number of rotatable bonds is 4. The molecule has 0 spiro atoms. The molecular weight excluding hydrogens is 216 g/mol. The molecule has 0 saturated heterocycles. The van der Waals surface area contributed by atoms with Crippen LogP contribution in [0.1, 0.15) is 25.7 Å². The van der Waals surface area contributed by atoms with Gasteiger partial charge < -0.3 is 25.5 Å². The second-order valence-corrected chi connectivity index (χ2v) is 4.43. The van der Waals surface area contributed by atoms with Gasteiger partial charge >= 0.3 is 5.97 Å². The van der Waals surface area contributed by atoms with E-state index >= 15 is 0 Å². The molecule has 0 aliphatic heterocycles. The quantitative estimate of drug-likeness (QED) is 0.413. The molecule has 0 aromatic carbocycles. The summed E-state index contributed by atoms with van der Waals surface area (Å²) in [6.45, 7) is -0.0647. The summed E-state index contributed by atoms with van der Waals surface area (Å²) < 4.78 is 0. The van der Waals surface area contributed by atoms with E-state index in [0.29, 0.717) is 12.8 Å². The second kappa shape index (κ2) is 5.09. The fourth-order valence-corrected chi connectivity index (χ4v) is 2.22. The Morgan fingerprint density at radius 1 is 1.31 bits per heavy atom. The molecule has 1 saturated carbocycles. The highest BCUT2D eigenvalue weighted by Gasteiger charge is 2.48. The number of carboxylic acid groups (broad SMARTS) is 1. The molecule has 0 heterocycles. The summed E-state index contributed by atoms with van der Waals surface area (Å²) in [6.07, 6.45) is -1.95. The van der Waals surface area contributed by atoms with Crippen molar-refractivity contribution >= 4 is 5.97 Å². The molecule has 0 radical (unpaired) electrons. The first-order chi connectivity index (χ1) is 7.40. The number of aliphatic hydroxyl groups is 4. The van der Waals surface area contributed by atoms with Gasteiger partial charge in [-0.1, -0.05) is 0 Å². The predicted octanol–water partition coefficient (Wildman–Crippen LogP) is -1.29. The minimum Gasteiger partial charge on any atom is -0.479 e. The summed E-state index contributed by atoms with van der Waals surface area (Å²) in [5.74, 6) is -1.88. The highest BCUT2D eigenvalue weighted by atomic mass is 16.4. The third-order valence-corrected chi connectivity index (χ3v) is 3.16. The number of hydrogen-bond acceptors (Lipinski definition) is 5. The molecule has 1 aliphatic rings. The van der Waals surface area contributed by atoms with Gasteiger partial charge in [-0.15, -0.1) is 0 Å². The Bertz CT molecular complexity index is 256. The lowest BCUT2D eigenvalue weighted by Gasteiger charge is -2.40. The monoisotopic (exact) mass is 234 g/mol. The van der Waals surface area contributed by atoms with Crippen molar-refractivity contribution in [2.75, 3.05) is 6.61 Å². The number of hydrogen-bond donors (Lipinski definition) is 5. The first kappa shape index (κ1) is 13.4. The van der Waals surface area contributed by atoms with E-state index < -0.39 is 29.7 Å². The van der Waals surface area contributed by atoms with E-state index in [9.17, 15) is 20.1 Å². The maximum Gasteiger partial charge on any atom is 0.335 e. The topological polar surface area (TPSA) is 118 Å². The molecule has 0 aromatic heterocycles. The van der Waals surface area contributed by atoms with E-state index in [4.69, 9.17) is 10.2 Å². The number of carbonyl (C=O) groups is 1. The Kier molecular flexibility index (Phi) is 4.26. The van der Waals surface area contributed by atoms with Gasteiger partial charge in [0.15, 0.2) is 5.60 Å². The molecule has 16 heavy (non-hydrogen) atoms. The van der Waals surface area contributed by atoms with Crippen LogP contribution in [-0.4, -0.2) is 55.9 Å². The zero-order valence-corrected chi connectivity index (χ0v) is 8.91. The predicted molar refractivity (Wildman–Crippen MR) is 53.6 cm³/mol. The molecule has 5 N–H and O–H groups in total. The van der Waals surface area contributed by atoms with E-state index in [-0.39, 0.29) is 19.4 Å². The molecule has 1 aliphatic carbocycles. The van der Waals surface area contributed by atoms with Crippen LogP contribution in [0.25, 0.3) is 0 Å². The Hall–Kier alpha value is -0.690. The minimum atomic E-state index is -1.97. The van der Waals surface area contributed by atoms with Gasteiger partial charge in [0.25, 0.3) is 0 Å². The fraction of sp³-hybridized carbons (Fsp3) is 0.900. The number of aliphatic carboxylic acids is 1. The normalized spacial score (nSPS) is 39.6. The maximum atomic E-state index is 10.9. The van der Waals surface area contributed by atoms with Gasteiger partial charge in [0, 0.05) is 13.0 Å². The molecule has 6 nitrogen and oxygen atoms in total. The largest absolute Gasteiger partial charge is 0.479 e. The average Bonchev–Trinajstić information content (AvgIpc) is 2.21. The maximum absolute atomic E-state index is 10.9. The van der Waals surface area contributed by atoms with Gasteiger partial charge in [-0.25, -0.2) is 4.79 Å². The fourth-order valence-electron chi connectivity index (χ4n) is 2.22. The Labute approximate surface area is 93.2 Å².